The number of aliphatic hydroxyl groups excluding tert-OH is 1. The molecule has 0 saturated carbocycles. The molecule has 4 atom stereocenters. The van der Waals surface area contributed by atoms with Crippen LogP contribution < -0.4 is 32.3 Å². The number of hydrogen-bond acceptors (Lipinski definition) is 12. The maximum Gasteiger partial charge on any atom is 0.269 e. The van der Waals surface area contributed by atoms with E-state index in [1.165, 1.54) is 49.4 Å². The van der Waals surface area contributed by atoms with Crippen LogP contribution in [0.1, 0.15) is 66.5 Å². The van der Waals surface area contributed by atoms with Gasteiger partial charge in [0.2, 0.25) is 11.4 Å². The lowest BCUT2D eigenvalue weighted by Gasteiger charge is -2.40. The average Bonchev–Trinajstić information content (AvgIpc) is 3.27. The normalized spacial score (nSPS) is 12.7. The summed E-state index contributed by atoms with van der Waals surface area (Å²) in [5, 5.41) is 37.9. The number of carbonyl (C=O) groups excluding carboxylic acids is 4. The number of hydrogen-bond donors (Lipinski definition) is 7. The summed E-state index contributed by atoms with van der Waals surface area (Å²) >= 11 is 12.5. The van der Waals surface area contributed by atoms with Crippen LogP contribution in [0, 0.1) is 47.2 Å². The average molecular weight is 978 g/mol. The smallest absolute Gasteiger partial charge is 0.269 e. The second-order valence-electron chi connectivity index (χ2n) is 16.4. The first kappa shape index (κ1) is 54.2. The molecule has 354 valence electrons. The van der Waals surface area contributed by atoms with Crippen molar-refractivity contribution in [1.82, 2.24) is 21.7 Å². The van der Waals surface area contributed by atoms with Gasteiger partial charge in [-0.05, 0) is 93.4 Å². The quantitative estimate of drug-likeness (QED) is 0.0271. The van der Waals surface area contributed by atoms with Crippen molar-refractivity contribution >= 4 is 89.3 Å². The molecule has 4 amide bonds. The number of nitro benzene ring substituents is 2. The summed E-state index contributed by atoms with van der Waals surface area (Å²) in [7, 11) is -2.27. The summed E-state index contributed by atoms with van der Waals surface area (Å²) in [6.07, 6.45) is -1.74. The van der Waals surface area contributed by atoms with Crippen molar-refractivity contribution in [3.63, 3.8) is 0 Å². The Labute approximate surface area is 397 Å². The second kappa shape index (κ2) is 23.3. The highest BCUT2D eigenvalue weighted by Gasteiger charge is 2.41. The molecule has 0 unspecified atom stereocenters. The first-order valence-corrected chi connectivity index (χ1v) is 23.8. The maximum absolute atomic E-state index is 13.3. The van der Waals surface area contributed by atoms with E-state index in [4.69, 9.17) is 40.8 Å². The van der Waals surface area contributed by atoms with Crippen molar-refractivity contribution in [2.24, 2.45) is 0 Å². The monoisotopic (exact) mass is 976 g/mol. The highest BCUT2D eigenvalue weighted by atomic mass is 35.5. The lowest BCUT2D eigenvalue weighted by Crippen LogP contribution is -2.55. The van der Waals surface area contributed by atoms with Crippen LogP contribution in [0.5, 0.6) is 0 Å². The van der Waals surface area contributed by atoms with Crippen molar-refractivity contribution in [1.29, 1.82) is 0 Å². The minimum atomic E-state index is -2.27. The summed E-state index contributed by atoms with van der Waals surface area (Å²) < 4.78 is 6.46. The highest BCUT2D eigenvalue weighted by molar-refractivity contribution is 6.74. The highest BCUT2D eigenvalue weighted by Crippen LogP contribution is 2.39. The molecule has 67 heavy (non-hydrogen) atoms. The molecule has 0 heterocycles. The molecule has 0 radical (unpaired) electrons. The number of amides is 4. The van der Waals surface area contributed by atoms with Crippen molar-refractivity contribution < 1.29 is 38.6 Å². The van der Waals surface area contributed by atoms with Crippen LogP contribution in [0.3, 0.4) is 0 Å². The van der Waals surface area contributed by atoms with Crippen LogP contribution in [0.15, 0.2) is 72.8 Å². The number of rotatable bonds is 14. The standard InChI is InChI=1S/C25H32ClN5O5Si.C19H18ClN5O5/c1-15-19(13-14-20(27-6)21(15)26)28-22(16(2)36-37(7,8)25(3,4)5)24(33)30-29-23(32)17-9-11-18(12-10-17)31(34)35;1-10-14(8-9-15(21-3)16(10)20)22-17(11(2)26)19(28)24-23-18(27)12-4-6-13(7-5-12)25(29)30/h9-14,16,22,28H,1-5,7-8H3,(H,29,32)(H,30,33);4-9,11,17,22,26H,1-2H3,(H,23,27)(H,24,28)/t16-,22+;11-,17+/m00/s1. The predicted octanol–water partition coefficient (Wildman–Crippen LogP) is 8.49. The van der Waals surface area contributed by atoms with Crippen LogP contribution in [-0.2, 0) is 14.0 Å². The molecule has 4 aromatic rings. The molecule has 0 spiro atoms. The third-order valence-corrected chi connectivity index (χ3v) is 16.2. The Kier molecular flexibility index (Phi) is 18.9. The van der Waals surface area contributed by atoms with E-state index in [-0.39, 0.29) is 43.3 Å². The number of nitro groups is 2. The molecular formula is C44H50Cl2N10O10Si. The molecular weight excluding hydrogens is 928 g/mol. The van der Waals surface area contributed by atoms with Crippen molar-refractivity contribution in [2.45, 2.75) is 90.9 Å². The number of nitrogens with zero attached hydrogens (tertiary/aromatic N) is 4. The SMILES string of the molecule is [C-]#[N+]c1ccc(N[C@@H](C(=O)NNC(=O)c2ccc([N+](=O)[O-])cc2)[C@H](C)O)c(C)c1Cl.[C-]#[N+]c1ccc(N[C@@H](C(=O)NNC(=O)c2ccc([N+](=O)[O-])cc2)[C@H](C)O[Si](C)(C)C(C)(C)C)c(C)c1Cl. The summed E-state index contributed by atoms with van der Waals surface area (Å²) in [5.74, 6) is -2.62. The summed E-state index contributed by atoms with van der Waals surface area (Å²) in [4.78, 5) is 77.4. The molecule has 0 fully saturated rings. The fourth-order valence-corrected chi connectivity index (χ4v) is 7.51. The topological polar surface area (TPSA) is 265 Å². The van der Waals surface area contributed by atoms with Gasteiger partial charge in [0.05, 0.1) is 45.2 Å². The molecule has 0 aromatic heterocycles. The Morgan fingerprint density at radius 3 is 1.36 bits per heavy atom. The number of halogens is 2. The van der Waals surface area contributed by atoms with E-state index in [1.807, 2.05) is 0 Å². The van der Waals surface area contributed by atoms with Gasteiger partial charge in [-0.25, -0.2) is 9.69 Å². The minimum absolute atomic E-state index is 0.0971. The number of benzene rings is 4. The van der Waals surface area contributed by atoms with E-state index in [9.17, 15) is 44.5 Å². The Balaban J connectivity index is 0.000000363. The Morgan fingerprint density at radius 1 is 0.672 bits per heavy atom. The number of aliphatic hydroxyl groups is 1. The second-order valence-corrected chi connectivity index (χ2v) is 21.9. The molecule has 23 heteroatoms. The lowest BCUT2D eigenvalue weighted by atomic mass is 10.1. The molecule has 0 aliphatic heterocycles. The van der Waals surface area contributed by atoms with Crippen molar-refractivity contribution in [2.75, 3.05) is 10.6 Å². The number of anilines is 2. The van der Waals surface area contributed by atoms with Crippen molar-refractivity contribution in [3.8, 4) is 0 Å². The van der Waals surface area contributed by atoms with Gasteiger partial charge >= 0.3 is 0 Å². The molecule has 0 bridgehead atoms. The largest absolute Gasteiger partial charge is 0.412 e. The minimum Gasteiger partial charge on any atom is -0.412 e. The van der Waals surface area contributed by atoms with Crippen molar-refractivity contribution in [3.05, 3.63) is 148 Å². The number of non-ortho nitro benzene ring substituents is 2. The van der Waals surface area contributed by atoms with E-state index in [0.29, 0.717) is 28.2 Å². The van der Waals surface area contributed by atoms with Gasteiger partial charge in [-0.1, -0.05) is 56.1 Å². The predicted molar refractivity (Wildman–Crippen MR) is 257 cm³/mol. The fourth-order valence-electron chi connectivity index (χ4n) is 5.68. The summed E-state index contributed by atoms with van der Waals surface area (Å²) in [6, 6.07) is 14.0. The van der Waals surface area contributed by atoms with Gasteiger partial charge in [-0.3, -0.25) is 61.1 Å². The zero-order valence-corrected chi connectivity index (χ0v) is 40.4. The third kappa shape index (κ3) is 14.4. The zero-order valence-electron chi connectivity index (χ0n) is 37.9. The van der Waals surface area contributed by atoms with Gasteiger partial charge < -0.3 is 20.2 Å². The van der Waals surface area contributed by atoms with Gasteiger partial charge in [0.1, 0.15) is 12.1 Å². The molecule has 4 aromatic carbocycles. The summed E-state index contributed by atoms with van der Waals surface area (Å²) in [6.45, 7) is 31.3. The van der Waals surface area contributed by atoms with Crippen LogP contribution in [0.2, 0.25) is 28.2 Å². The summed E-state index contributed by atoms with van der Waals surface area (Å²) in [5.41, 5.74) is 11.7. The molecule has 0 aliphatic rings. The van der Waals surface area contributed by atoms with E-state index in [2.05, 4.69) is 75.9 Å². The van der Waals surface area contributed by atoms with E-state index >= 15 is 0 Å². The molecule has 20 nitrogen and oxygen atoms in total. The van der Waals surface area contributed by atoms with Gasteiger partial charge in [0.15, 0.2) is 8.32 Å². The Bertz CT molecular complexity index is 2590. The molecule has 0 saturated heterocycles. The van der Waals surface area contributed by atoms with Gasteiger partial charge in [0, 0.05) is 46.8 Å². The van der Waals surface area contributed by atoms with E-state index in [1.54, 1.807) is 39.0 Å². The van der Waals surface area contributed by atoms with Crippen LogP contribution >= 0.6 is 23.2 Å². The Hall–Kier alpha value is -7.14. The fraction of sp³-hybridized carbons (Fsp3) is 0.318. The first-order valence-electron chi connectivity index (χ1n) is 20.2. The lowest BCUT2D eigenvalue weighted by molar-refractivity contribution is -0.385. The number of nitrogens with one attached hydrogen (secondary N) is 6. The third-order valence-electron chi connectivity index (χ3n) is 10.7. The zero-order chi connectivity index (χ0) is 50.6. The number of hydrazine groups is 2. The molecule has 4 rings (SSSR count). The molecule has 0 aliphatic carbocycles. The van der Waals surface area contributed by atoms with Gasteiger partial charge in [0.25, 0.3) is 35.0 Å². The van der Waals surface area contributed by atoms with E-state index in [0.717, 1.165) is 12.1 Å². The van der Waals surface area contributed by atoms with Crippen LogP contribution in [0.25, 0.3) is 9.69 Å². The first-order chi connectivity index (χ1) is 31.2. The molecule has 7 N–H and O–H groups in total. The maximum atomic E-state index is 13.3. The Morgan fingerprint density at radius 2 is 1.03 bits per heavy atom. The van der Waals surface area contributed by atoms with Gasteiger partial charge in [-0.2, -0.15) is 0 Å². The van der Waals surface area contributed by atoms with Crippen LogP contribution in [0.4, 0.5) is 34.1 Å². The van der Waals surface area contributed by atoms with Crippen LogP contribution in [-0.4, -0.2) is 71.2 Å². The number of carbonyl (C=O) groups is 4. The van der Waals surface area contributed by atoms with E-state index < -0.39 is 66.1 Å². The van der Waals surface area contributed by atoms with Gasteiger partial charge in [-0.15, -0.1) is 0 Å².